The summed E-state index contributed by atoms with van der Waals surface area (Å²) in [6.07, 6.45) is 0.550. The van der Waals surface area contributed by atoms with Gasteiger partial charge >= 0.3 is 11.7 Å². The molecule has 4 rings (SSSR count). The van der Waals surface area contributed by atoms with E-state index in [0.717, 1.165) is 16.5 Å². The topological polar surface area (TPSA) is 52.7 Å². The van der Waals surface area contributed by atoms with Crippen molar-refractivity contribution in [3.63, 3.8) is 0 Å². The number of para-hydroxylation sites is 1. The van der Waals surface area contributed by atoms with Crippen molar-refractivity contribution in [1.29, 1.82) is 0 Å². The number of nitrogens with zero attached hydrogens (tertiary/aromatic N) is 2. The summed E-state index contributed by atoms with van der Waals surface area (Å²) in [5.41, 5.74) is 3.41. The van der Waals surface area contributed by atoms with Gasteiger partial charge in [-0.1, -0.05) is 55.5 Å². The average molecular weight is 374 g/mol. The van der Waals surface area contributed by atoms with Crippen molar-refractivity contribution in [3.05, 3.63) is 88.0 Å². The van der Waals surface area contributed by atoms with Crippen LogP contribution in [0.5, 0.6) is 0 Å². The Labute approximate surface area is 162 Å². The SMILES string of the molecule is CCOC(=O)c1c(CC)n(Cc2ccccc2)c(=O)n2c1cc1ccccc12. The average Bonchev–Trinajstić information content (AvgIpc) is 3.10. The van der Waals surface area contributed by atoms with E-state index < -0.39 is 5.97 Å². The molecule has 0 saturated carbocycles. The molecule has 5 nitrogen and oxygen atoms in total. The monoisotopic (exact) mass is 374 g/mol. The van der Waals surface area contributed by atoms with E-state index >= 15 is 0 Å². The Hall–Kier alpha value is -3.34. The molecule has 0 bridgehead atoms. The third-order valence-corrected chi connectivity index (χ3v) is 5.00. The zero-order valence-electron chi connectivity index (χ0n) is 16.0. The van der Waals surface area contributed by atoms with Crippen LogP contribution in [-0.2, 0) is 17.7 Å². The molecule has 0 aliphatic rings. The van der Waals surface area contributed by atoms with Gasteiger partial charge in [0.1, 0.15) is 5.56 Å². The second kappa shape index (κ2) is 7.35. The molecular formula is C23H22N2O3. The summed E-state index contributed by atoms with van der Waals surface area (Å²) in [4.78, 5) is 26.4. The van der Waals surface area contributed by atoms with Crippen molar-refractivity contribution in [1.82, 2.24) is 8.97 Å². The first-order valence-corrected chi connectivity index (χ1v) is 9.52. The highest BCUT2D eigenvalue weighted by molar-refractivity contribution is 6.02. The minimum absolute atomic E-state index is 0.148. The minimum Gasteiger partial charge on any atom is -0.462 e. The number of carbonyl (C=O) groups is 1. The van der Waals surface area contributed by atoms with Crippen molar-refractivity contribution in [2.24, 2.45) is 0 Å². The number of ether oxygens (including phenoxy) is 1. The lowest BCUT2D eigenvalue weighted by Crippen LogP contribution is -2.32. The van der Waals surface area contributed by atoms with Crippen LogP contribution >= 0.6 is 0 Å². The number of fused-ring (bicyclic) bond motifs is 3. The van der Waals surface area contributed by atoms with Gasteiger partial charge in [-0.2, -0.15) is 0 Å². The van der Waals surface area contributed by atoms with Gasteiger partial charge in [-0.3, -0.25) is 8.97 Å². The van der Waals surface area contributed by atoms with Crippen LogP contribution in [0, 0.1) is 0 Å². The second-order valence-electron chi connectivity index (χ2n) is 6.67. The van der Waals surface area contributed by atoms with Gasteiger partial charge in [0.15, 0.2) is 0 Å². The van der Waals surface area contributed by atoms with Gasteiger partial charge in [0.05, 0.1) is 24.2 Å². The molecule has 5 heteroatoms. The van der Waals surface area contributed by atoms with Crippen molar-refractivity contribution in [3.8, 4) is 0 Å². The molecule has 0 N–H and O–H groups in total. The molecular weight excluding hydrogens is 352 g/mol. The second-order valence-corrected chi connectivity index (χ2v) is 6.67. The number of hydrogen-bond donors (Lipinski definition) is 0. The predicted molar refractivity (Wildman–Crippen MR) is 110 cm³/mol. The molecule has 0 aliphatic heterocycles. The number of aromatic nitrogens is 2. The van der Waals surface area contributed by atoms with Gasteiger partial charge in [0.25, 0.3) is 0 Å². The lowest BCUT2D eigenvalue weighted by atomic mass is 10.1. The van der Waals surface area contributed by atoms with Crippen LogP contribution in [0.1, 0.15) is 35.5 Å². The summed E-state index contributed by atoms with van der Waals surface area (Å²) < 4.78 is 8.68. The minimum atomic E-state index is -0.394. The Kier molecular flexibility index (Phi) is 4.74. The molecule has 0 amide bonds. The fraction of sp³-hybridized carbons (Fsp3) is 0.217. The number of esters is 1. The summed E-state index contributed by atoms with van der Waals surface area (Å²) >= 11 is 0. The van der Waals surface area contributed by atoms with E-state index in [1.54, 1.807) is 15.9 Å². The highest BCUT2D eigenvalue weighted by Crippen LogP contribution is 2.25. The van der Waals surface area contributed by atoms with Gasteiger partial charge < -0.3 is 4.74 Å². The highest BCUT2D eigenvalue weighted by atomic mass is 16.5. The van der Waals surface area contributed by atoms with E-state index in [2.05, 4.69) is 0 Å². The van der Waals surface area contributed by atoms with Crippen LogP contribution in [0.25, 0.3) is 16.4 Å². The number of benzene rings is 2. The smallest absolute Gasteiger partial charge is 0.342 e. The fourth-order valence-electron chi connectivity index (χ4n) is 3.79. The molecule has 0 radical (unpaired) electrons. The first-order valence-electron chi connectivity index (χ1n) is 9.52. The molecule has 0 atom stereocenters. The third kappa shape index (κ3) is 2.89. The van der Waals surface area contributed by atoms with Gasteiger partial charge in [-0.05, 0) is 31.0 Å². The van der Waals surface area contributed by atoms with Crippen molar-refractivity contribution in [2.75, 3.05) is 6.61 Å². The zero-order valence-corrected chi connectivity index (χ0v) is 16.0. The molecule has 2 heterocycles. The van der Waals surface area contributed by atoms with Gasteiger partial charge in [-0.25, -0.2) is 9.59 Å². The van der Waals surface area contributed by atoms with Gasteiger partial charge in [0, 0.05) is 11.1 Å². The first kappa shape index (κ1) is 18.0. The van der Waals surface area contributed by atoms with E-state index in [0.29, 0.717) is 29.7 Å². The molecule has 4 aromatic rings. The molecule has 0 unspecified atom stereocenters. The molecule has 0 aliphatic carbocycles. The fourth-order valence-corrected chi connectivity index (χ4v) is 3.79. The van der Waals surface area contributed by atoms with Crippen molar-refractivity contribution >= 4 is 22.4 Å². The molecule has 2 aromatic carbocycles. The molecule has 0 spiro atoms. The summed E-state index contributed by atoms with van der Waals surface area (Å²) in [5.74, 6) is -0.394. The quantitative estimate of drug-likeness (QED) is 0.496. The maximum absolute atomic E-state index is 13.5. The van der Waals surface area contributed by atoms with Crippen LogP contribution in [-0.4, -0.2) is 21.5 Å². The van der Waals surface area contributed by atoms with Crippen molar-refractivity contribution in [2.45, 2.75) is 26.8 Å². The van der Waals surface area contributed by atoms with Crippen molar-refractivity contribution < 1.29 is 9.53 Å². The van der Waals surface area contributed by atoms with E-state index in [4.69, 9.17) is 4.74 Å². The highest BCUT2D eigenvalue weighted by Gasteiger charge is 2.23. The van der Waals surface area contributed by atoms with Crippen LogP contribution < -0.4 is 5.69 Å². The Bertz CT molecular complexity index is 1220. The maximum atomic E-state index is 13.5. The van der Waals surface area contributed by atoms with E-state index in [-0.39, 0.29) is 12.3 Å². The standard InChI is InChI=1S/C23H22N2O3/c1-3-18-21(22(26)28-4-2)20-14-17-12-8-9-13-19(17)25(20)23(27)24(18)15-16-10-6-5-7-11-16/h5-14H,3-4,15H2,1-2H3. The number of hydrogen-bond acceptors (Lipinski definition) is 3. The molecule has 2 aromatic heterocycles. The Morgan fingerprint density at radius 3 is 2.39 bits per heavy atom. The van der Waals surface area contributed by atoms with Gasteiger partial charge in [0.2, 0.25) is 0 Å². The number of rotatable bonds is 5. The summed E-state index contributed by atoms with van der Waals surface area (Å²) in [5, 5.41) is 0.921. The summed E-state index contributed by atoms with van der Waals surface area (Å²) in [7, 11) is 0. The Balaban J connectivity index is 2.10. The van der Waals surface area contributed by atoms with Crippen LogP contribution in [0.2, 0.25) is 0 Å². The molecule has 0 saturated heterocycles. The van der Waals surface area contributed by atoms with E-state index in [1.165, 1.54) is 0 Å². The van der Waals surface area contributed by atoms with Gasteiger partial charge in [-0.15, -0.1) is 0 Å². The maximum Gasteiger partial charge on any atom is 0.342 e. The van der Waals surface area contributed by atoms with E-state index in [1.807, 2.05) is 67.6 Å². The Morgan fingerprint density at radius 2 is 1.68 bits per heavy atom. The lowest BCUT2D eigenvalue weighted by Gasteiger charge is -2.17. The summed E-state index contributed by atoms with van der Waals surface area (Å²) in [6.45, 7) is 4.43. The van der Waals surface area contributed by atoms with Crippen LogP contribution in [0.3, 0.4) is 0 Å². The Morgan fingerprint density at radius 1 is 0.964 bits per heavy atom. The zero-order chi connectivity index (χ0) is 19.7. The van der Waals surface area contributed by atoms with Crippen LogP contribution in [0.4, 0.5) is 0 Å². The third-order valence-electron chi connectivity index (χ3n) is 5.00. The molecule has 142 valence electrons. The largest absolute Gasteiger partial charge is 0.462 e. The predicted octanol–water partition coefficient (Wildman–Crippen LogP) is 4.04. The number of carbonyl (C=O) groups excluding carboxylic acids is 1. The summed E-state index contributed by atoms with van der Waals surface area (Å²) in [6, 6.07) is 19.4. The normalized spacial score (nSPS) is 11.2. The van der Waals surface area contributed by atoms with Crippen LogP contribution in [0.15, 0.2) is 65.5 Å². The molecule has 0 fully saturated rings. The molecule has 28 heavy (non-hydrogen) atoms. The van der Waals surface area contributed by atoms with E-state index in [9.17, 15) is 9.59 Å². The first-order chi connectivity index (χ1) is 13.7. The lowest BCUT2D eigenvalue weighted by molar-refractivity contribution is 0.0525.